The maximum Gasteiger partial charge on any atom is 0.306 e. The largest absolute Gasteiger partial charge is 0.466 e. The molecule has 0 unspecified atom stereocenters. The molecule has 17 heavy (non-hydrogen) atoms. The van der Waals surface area contributed by atoms with Crippen molar-refractivity contribution in [2.75, 3.05) is 6.61 Å². The molecule has 0 spiro atoms. The third kappa shape index (κ3) is 2.38. The van der Waals surface area contributed by atoms with Crippen molar-refractivity contribution in [2.45, 2.75) is 52.4 Å². The zero-order valence-corrected chi connectivity index (χ0v) is 10.8. The van der Waals surface area contributed by atoms with Crippen molar-refractivity contribution in [1.29, 1.82) is 0 Å². The molecule has 3 nitrogen and oxygen atoms in total. The van der Waals surface area contributed by atoms with Crippen LogP contribution in [0.3, 0.4) is 0 Å². The summed E-state index contributed by atoms with van der Waals surface area (Å²) in [7, 11) is 0. The Kier molecular flexibility index (Phi) is 3.55. The maximum atomic E-state index is 12.1. The van der Waals surface area contributed by atoms with E-state index in [2.05, 4.69) is 6.92 Å². The second-order valence-electron chi connectivity index (χ2n) is 5.76. The lowest BCUT2D eigenvalue weighted by molar-refractivity contribution is -0.145. The number of rotatable bonds is 3. The summed E-state index contributed by atoms with van der Waals surface area (Å²) < 4.78 is 5.00. The molecule has 2 aliphatic rings. The van der Waals surface area contributed by atoms with Crippen molar-refractivity contribution in [1.82, 2.24) is 0 Å². The number of ether oxygens (including phenoxy) is 1. The number of esters is 1. The zero-order chi connectivity index (χ0) is 12.5. The van der Waals surface area contributed by atoms with Gasteiger partial charge in [-0.15, -0.1) is 0 Å². The van der Waals surface area contributed by atoms with E-state index in [0.29, 0.717) is 25.2 Å². The van der Waals surface area contributed by atoms with E-state index in [9.17, 15) is 9.59 Å². The number of carbonyl (C=O) groups is 2. The highest BCUT2D eigenvalue weighted by Gasteiger charge is 2.50. The Morgan fingerprint density at radius 2 is 2.24 bits per heavy atom. The van der Waals surface area contributed by atoms with Crippen LogP contribution in [0.2, 0.25) is 0 Å². The van der Waals surface area contributed by atoms with Crippen LogP contribution in [0.4, 0.5) is 0 Å². The summed E-state index contributed by atoms with van der Waals surface area (Å²) in [6, 6.07) is 0. The van der Waals surface area contributed by atoms with Gasteiger partial charge in [-0.3, -0.25) is 9.59 Å². The van der Waals surface area contributed by atoms with Crippen LogP contribution in [0.25, 0.3) is 0 Å². The molecule has 2 saturated carbocycles. The van der Waals surface area contributed by atoms with Gasteiger partial charge in [-0.1, -0.05) is 6.92 Å². The van der Waals surface area contributed by atoms with Gasteiger partial charge in [-0.25, -0.2) is 0 Å². The van der Waals surface area contributed by atoms with Crippen LogP contribution >= 0.6 is 0 Å². The summed E-state index contributed by atoms with van der Waals surface area (Å²) in [6.07, 6.45) is 5.40. The molecule has 0 aliphatic heterocycles. The molecule has 2 fully saturated rings. The minimum absolute atomic E-state index is 0.112. The Hall–Kier alpha value is -0.860. The molecule has 0 saturated heterocycles. The van der Waals surface area contributed by atoms with E-state index in [1.165, 1.54) is 0 Å². The molecule has 0 N–H and O–H groups in total. The molecule has 3 atom stereocenters. The van der Waals surface area contributed by atoms with Crippen LogP contribution in [0.15, 0.2) is 0 Å². The Morgan fingerprint density at radius 1 is 1.47 bits per heavy atom. The normalized spacial score (nSPS) is 36.7. The fourth-order valence-electron chi connectivity index (χ4n) is 3.81. The highest BCUT2D eigenvalue weighted by atomic mass is 16.5. The fraction of sp³-hybridized carbons (Fsp3) is 0.857. The first-order valence-corrected chi connectivity index (χ1v) is 6.75. The Bertz CT molecular complexity index is 323. The van der Waals surface area contributed by atoms with Gasteiger partial charge in [-0.05, 0) is 43.9 Å². The van der Waals surface area contributed by atoms with Gasteiger partial charge in [0, 0.05) is 18.8 Å². The number of Topliss-reactive ketones (excluding diaryl/α,β-unsaturated/α-hetero) is 1. The molecule has 0 aromatic heterocycles. The molecule has 0 amide bonds. The Balaban J connectivity index is 2.05. The number of carbonyl (C=O) groups excluding carboxylic acids is 2. The maximum absolute atomic E-state index is 12.1. The first kappa shape index (κ1) is 12.6. The van der Waals surface area contributed by atoms with Gasteiger partial charge in [-0.2, -0.15) is 0 Å². The Morgan fingerprint density at radius 3 is 2.94 bits per heavy atom. The molecular weight excluding hydrogens is 216 g/mol. The lowest BCUT2D eigenvalue weighted by Gasteiger charge is -2.37. The number of ketones is 1. The van der Waals surface area contributed by atoms with E-state index < -0.39 is 0 Å². The fourth-order valence-corrected chi connectivity index (χ4v) is 3.81. The van der Waals surface area contributed by atoms with E-state index in [4.69, 9.17) is 4.74 Å². The van der Waals surface area contributed by atoms with Gasteiger partial charge in [0.25, 0.3) is 0 Å². The Labute approximate surface area is 103 Å². The van der Waals surface area contributed by atoms with Crippen LogP contribution in [0, 0.1) is 17.3 Å². The van der Waals surface area contributed by atoms with E-state index in [0.717, 1.165) is 25.7 Å². The van der Waals surface area contributed by atoms with Crippen molar-refractivity contribution in [3.05, 3.63) is 0 Å². The monoisotopic (exact) mass is 238 g/mol. The standard InChI is InChI=1S/C14H22O3/c1-3-17-12(16)9-10-6-8-14(2)7-4-5-11(15)13(10)14/h10,13H,3-9H2,1-2H3/t10-,13+,14+/m1/s1. The summed E-state index contributed by atoms with van der Waals surface area (Å²) in [5.41, 5.74) is 0.159. The van der Waals surface area contributed by atoms with Gasteiger partial charge >= 0.3 is 5.97 Å². The first-order chi connectivity index (χ1) is 8.07. The average molecular weight is 238 g/mol. The molecule has 0 aromatic rings. The highest BCUT2D eigenvalue weighted by Crippen LogP contribution is 2.54. The molecule has 0 radical (unpaired) electrons. The third-order valence-corrected chi connectivity index (χ3v) is 4.56. The summed E-state index contributed by atoms with van der Waals surface area (Å²) in [6.45, 7) is 4.48. The predicted molar refractivity (Wildman–Crippen MR) is 64.4 cm³/mol. The second kappa shape index (κ2) is 4.79. The molecule has 2 aliphatic carbocycles. The molecular formula is C14H22O3. The second-order valence-corrected chi connectivity index (χ2v) is 5.76. The summed E-state index contributed by atoms with van der Waals surface area (Å²) in [5.74, 6) is 0.582. The molecule has 0 bridgehead atoms. The first-order valence-electron chi connectivity index (χ1n) is 6.75. The number of fused-ring (bicyclic) bond motifs is 1. The minimum atomic E-state index is -0.139. The van der Waals surface area contributed by atoms with Crippen molar-refractivity contribution in [2.24, 2.45) is 17.3 Å². The molecule has 0 heterocycles. The van der Waals surface area contributed by atoms with E-state index in [1.54, 1.807) is 0 Å². The number of hydrogen-bond donors (Lipinski definition) is 0. The van der Waals surface area contributed by atoms with Crippen LogP contribution in [-0.2, 0) is 14.3 Å². The van der Waals surface area contributed by atoms with Gasteiger partial charge in [0.05, 0.1) is 6.61 Å². The summed E-state index contributed by atoms with van der Waals surface area (Å²) >= 11 is 0. The van der Waals surface area contributed by atoms with Gasteiger partial charge in [0.15, 0.2) is 0 Å². The van der Waals surface area contributed by atoms with Gasteiger partial charge in [0.2, 0.25) is 0 Å². The van der Waals surface area contributed by atoms with E-state index >= 15 is 0 Å². The van der Waals surface area contributed by atoms with Crippen molar-refractivity contribution < 1.29 is 14.3 Å². The van der Waals surface area contributed by atoms with Crippen LogP contribution in [-0.4, -0.2) is 18.4 Å². The smallest absolute Gasteiger partial charge is 0.306 e. The lowest BCUT2D eigenvalue weighted by Crippen LogP contribution is -2.37. The zero-order valence-electron chi connectivity index (χ0n) is 10.8. The quantitative estimate of drug-likeness (QED) is 0.710. The lowest BCUT2D eigenvalue weighted by atomic mass is 9.66. The average Bonchev–Trinajstić information content (AvgIpc) is 2.57. The van der Waals surface area contributed by atoms with Crippen LogP contribution < -0.4 is 0 Å². The van der Waals surface area contributed by atoms with Gasteiger partial charge < -0.3 is 4.74 Å². The summed E-state index contributed by atoms with van der Waals surface area (Å²) in [5, 5.41) is 0. The molecule has 3 heteroatoms. The van der Waals surface area contributed by atoms with Gasteiger partial charge in [0.1, 0.15) is 5.78 Å². The molecule has 96 valence electrons. The SMILES string of the molecule is CCOC(=O)C[C@H]1CC[C@]2(C)CCCC(=O)[C@H]12. The third-order valence-electron chi connectivity index (χ3n) is 4.56. The minimum Gasteiger partial charge on any atom is -0.466 e. The summed E-state index contributed by atoms with van der Waals surface area (Å²) in [4.78, 5) is 23.6. The topological polar surface area (TPSA) is 43.4 Å². The van der Waals surface area contributed by atoms with Crippen LogP contribution in [0.1, 0.15) is 52.4 Å². The van der Waals surface area contributed by atoms with Crippen molar-refractivity contribution in [3.8, 4) is 0 Å². The molecule has 0 aromatic carbocycles. The number of hydrogen-bond acceptors (Lipinski definition) is 3. The van der Waals surface area contributed by atoms with Crippen LogP contribution in [0.5, 0.6) is 0 Å². The van der Waals surface area contributed by atoms with Crippen molar-refractivity contribution >= 4 is 11.8 Å². The molecule has 2 rings (SSSR count). The predicted octanol–water partition coefficient (Wildman–Crippen LogP) is 2.73. The van der Waals surface area contributed by atoms with E-state index in [1.807, 2.05) is 6.92 Å². The van der Waals surface area contributed by atoms with Crippen molar-refractivity contribution in [3.63, 3.8) is 0 Å². The van der Waals surface area contributed by atoms with E-state index in [-0.39, 0.29) is 23.2 Å². The highest BCUT2D eigenvalue weighted by molar-refractivity contribution is 5.84.